The molecule has 0 unspecified atom stereocenters. The normalized spacial score (nSPS) is 13.8. The van der Waals surface area contributed by atoms with Crippen molar-refractivity contribution >= 4 is 54.6 Å². The van der Waals surface area contributed by atoms with Gasteiger partial charge < -0.3 is 8.80 Å². The molecule has 0 saturated carbocycles. The van der Waals surface area contributed by atoms with Crippen molar-refractivity contribution in [2.75, 3.05) is 0 Å². The minimum absolute atomic E-state index is 1.01. The predicted octanol–water partition coefficient (Wildman–Crippen LogP) is 9.38. The summed E-state index contributed by atoms with van der Waals surface area (Å²) in [5.41, 5.74) is 19.2. The van der Waals surface area contributed by atoms with Crippen molar-refractivity contribution in [3.63, 3.8) is 0 Å². The van der Waals surface area contributed by atoms with Gasteiger partial charge in [-0.25, -0.2) is 0 Å². The van der Waals surface area contributed by atoms with E-state index in [0.29, 0.717) is 0 Å². The maximum absolute atomic E-state index is 2.59. The molecule has 3 heterocycles. The third-order valence-electron chi connectivity index (χ3n) is 9.85. The summed E-state index contributed by atoms with van der Waals surface area (Å²) in [4.78, 5) is 0. The van der Waals surface area contributed by atoms with Crippen LogP contribution in [0.25, 0.3) is 76.9 Å². The summed E-state index contributed by atoms with van der Waals surface area (Å²) in [6.07, 6.45) is 2.01. The molecule has 2 aliphatic rings. The first-order valence-electron chi connectivity index (χ1n) is 14.2. The fraction of sp³-hybridized carbons (Fsp3) is 0.0526. The van der Waals surface area contributed by atoms with E-state index in [1.54, 1.807) is 0 Å². The highest BCUT2D eigenvalue weighted by Crippen LogP contribution is 2.49. The Morgan fingerprint density at radius 1 is 0.350 bits per heavy atom. The summed E-state index contributed by atoms with van der Waals surface area (Å²) in [5.74, 6) is 0. The molecular weight excluding hydrogens is 484 g/mol. The first-order chi connectivity index (χ1) is 19.9. The van der Waals surface area contributed by atoms with E-state index < -0.39 is 0 Å². The Hall–Kier alpha value is -5.08. The number of hydrogen-bond donors (Lipinski definition) is 0. The van der Waals surface area contributed by atoms with Crippen molar-refractivity contribution < 1.29 is 0 Å². The van der Waals surface area contributed by atoms with Crippen LogP contribution >= 0.6 is 0 Å². The van der Waals surface area contributed by atoms with Gasteiger partial charge in [-0.05, 0) is 58.4 Å². The second-order valence-corrected chi connectivity index (χ2v) is 11.7. The minimum atomic E-state index is 1.01. The Balaban J connectivity index is 1.45. The van der Waals surface area contributed by atoms with Gasteiger partial charge in [0, 0.05) is 32.7 Å². The number of rotatable bonds is 0. The fourth-order valence-corrected chi connectivity index (χ4v) is 8.34. The van der Waals surface area contributed by atoms with Gasteiger partial charge in [-0.3, -0.25) is 0 Å². The van der Waals surface area contributed by atoms with E-state index in [1.165, 1.54) is 99.2 Å². The molecule has 9 aromatic rings. The number of aromatic nitrogens is 2. The number of para-hydroxylation sites is 2. The second-order valence-electron chi connectivity index (χ2n) is 11.7. The first-order valence-corrected chi connectivity index (χ1v) is 14.2. The van der Waals surface area contributed by atoms with Gasteiger partial charge in [-0.2, -0.15) is 0 Å². The molecule has 11 rings (SSSR count). The summed E-state index contributed by atoms with van der Waals surface area (Å²) in [6.45, 7) is 0. The van der Waals surface area contributed by atoms with Crippen molar-refractivity contribution in [3.8, 4) is 22.3 Å². The number of hydrogen-bond acceptors (Lipinski definition) is 0. The third kappa shape index (κ3) is 2.08. The zero-order valence-electron chi connectivity index (χ0n) is 21.7. The predicted molar refractivity (Wildman–Crippen MR) is 166 cm³/mol. The molecule has 2 aliphatic carbocycles. The van der Waals surface area contributed by atoms with Gasteiger partial charge in [0.2, 0.25) is 0 Å². The molecule has 0 fully saturated rings. The Kier molecular flexibility index (Phi) is 3.26. The van der Waals surface area contributed by atoms with E-state index in [2.05, 4.69) is 118 Å². The third-order valence-corrected chi connectivity index (χ3v) is 9.85. The highest BCUT2D eigenvalue weighted by molar-refractivity contribution is 6.25. The van der Waals surface area contributed by atoms with Gasteiger partial charge in [0.15, 0.2) is 0 Å². The van der Waals surface area contributed by atoms with Gasteiger partial charge in [-0.15, -0.1) is 0 Å². The molecule has 0 radical (unpaired) electrons. The Morgan fingerprint density at radius 2 is 0.800 bits per heavy atom. The molecule has 3 aromatic heterocycles. The lowest BCUT2D eigenvalue weighted by Crippen LogP contribution is -1.98. The number of fused-ring (bicyclic) bond motifs is 16. The zero-order chi connectivity index (χ0) is 25.7. The molecule has 0 bridgehead atoms. The maximum Gasteiger partial charge on any atom is 0.0783 e. The Bertz CT molecular complexity index is 2410. The van der Waals surface area contributed by atoms with Crippen LogP contribution in [0.4, 0.5) is 0 Å². The van der Waals surface area contributed by atoms with E-state index in [9.17, 15) is 0 Å². The van der Waals surface area contributed by atoms with E-state index in [4.69, 9.17) is 0 Å². The maximum atomic E-state index is 2.59. The van der Waals surface area contributed by atoms with E-state index in [1.807, 2.05) is 0 Å². The molecule has 0 aliphatic heterocycles. The fourth-order valence-electron chi connectivity index (χ4n) is 8.34. The molecule has 40 heavy (non-hydrogen) atoms. The Morgan fingerprint density at radius 3 is 1.30 bits per heavy atom. The van der Waals surface area contributed by atoms with Crippen LogP contribution in [0.3, 0.4) is 0 Å². The highest BCUT2D eigenvalue weighted by Gasteiger charge is 2.29. The van der Waals surface area contributed by atoms with Crippen LogP contribution in [-0.2, 0) is 12.8 Å². The van der Waals surface area contributed by atoms with Crippen molar-refractivity contribution in [2.45, 2.75) is 12.8 Å². The highest BCUT2D eigenvalue weighted by atomic mass is 15.0. The summed E-state index contributed by atoms with van der Waals surface area (Å²) in [6, 6.07) is 41.2. The van der Waals surface area contributed by atoms with E-state index in [0.717, 1.165) is 12.8 Å². The molecule has 0 amide bonds. The molecule has 6 aromatic carbocycles. The van der Waals surface area contributed by atoms with Crippen LogP contribution in [-0.4, -0.2) is 8.80 Å². The quantitative estimate of drug-likeness (QED) is 0.181. The van der Waals surface area contributed by atoms with Gasteiger partial charge in [0.25, 0.3) is 0 Å². The Labute approximate surface area is 229 Å². The van der Waals surface area contributed by atoms with Gasteiger partial charge in [0.1, 0.15) is 0 Å². The van der Waals surface area contributed by atoms with Crippen LogP contribution in [0.15, 0.2) is 109 Å². The van der Waals surface area contributed by atoms with Gasteiger partial charge in [-0.1, -0.05) is 97.1 Å². The van der Waals surface area contributed by atoms with Crippen LogP contribution in [0, 0.1) is 0 Å². The number of nitrogens with zero attached hydrogens (tertiary/aromatic N) is 2. The minimum Gasteiger partial charge on any atom is -0.304 e. The second kappa shape index (κ2) is 6.55. The average molecular weight is 507 g/mol. The SMILES string of the molecule is c1ccc2c(c1)Cc1ccc3c4cccc5c4n(c4cccc6c7ccc8c(c7n5c64)-c4ccccc4C8)c3c1-2. The lowest BCUT2D eigenvalue weighted by Gasteiger charge is -2.13. The van der Waals surface area contributed by atoms with Crippen molar-refractivity contribution in [1.29, 1.82) is 0 Å². The van der Waals surface area contributed by atoms with Crippen LogP contribution < -0.4 is 0 Å². The molecule has 0 saturated heterocycles. The zero-order valence-corrected chi connectivity index (χ0v) is 21.7. The smallest absolute Gasteiger partial charge is 0.0783 e. The summed E-state index contributed by atoms with van der Waals surface area (Å²) in [5, 5.41) is 5.35. The van der Waals surface area contributed by atoms with Crippen molar-refractivity contribution in [2.24, 2.45) is 0 Å². The largest absolute Gasteiger partial charge is 0.304 e. The van der Waals surface area contributed by atoms with Crippen LogP contribution in [0.5, 0.6) is 0 Å². The van der Waals surface area contributed by atoms with Gasteiger partial charge >= 0.3 is 0 Å². The topological polar surface area (TPSA) is 8.82 Å². The summed E-state index contributed by atoms with van der Waals surface area (Å²) in [7, 11) is 0. The average Bonchev–Trinajstić information content (AvgIpc) is 3.74. The van der Waals surface area contributed by atoms with Crippen LogP contribution in [0.2, 0.25) is 0 Å². The van der Waals surface area contributed by atoms with Gasteiger partial charge in [0.05, 0.1) is 33.1 Å². The molecule has 0 N–H and O–H groups in total. The molecule has 184 valence electrons. The molecule has 0 spiro atoms. The molecule has 0 atom stereocenters. The monoisotopic (exact) mass is 506 g/mol. The molecule has 2 heteroatoms. The molecular formula is C38H22N2. The first kappa shape index (κ1) is 19.9. The van der Waals surface area contributed by atoms with E-state index >= 15 is 0 Å². The molecule has 2 nitrogen and oxygen atoms in total. The summed E-state index contributed by atoms with van der Waals surface area (Å²) < 4.78 is 5.19. The standard InChI is InChI=1S/C38H22N2/c1-3-9-25-21(7-1)19-23-15-17-29-27-11-5-14-32-35(27)39(37(29)33(23)25)31-13-6-12-28-30-18-16-24-20-22-8-2-4-10-26(22)34(24)38(30)40(32)36(28)31/h1-18H,19-20H2. The van der Waals surface area contributed by atoms with Crippen molar-refractivity contribution in [3.05, 3.63) is 131 Å². The summed E-state index contributed by atoms with van der Waals surface area (Å²) >= 11 is 0. The van der Waals surface area contributed by atoms with E-state index in [-0.39, 0.29) is 0 Å². The van der Waals surface area contributed by atoms with Crippen molar-refractivity contribution in [1.82, 2.24) is 8.80 Å². The number of benzene rings is 6. The lowest BCUT2D eigenvalue weighted by atomic mass is 10.0. The van der Waals surface area contributed by atoms with Crippen LogP contribution in [0.1, 0.15) is 22.3 Å². The lowest BCUT2D eigenvalue weighted by molar-refractivity contribution is 1.24.